The van der Waals surface area contributed by atoms with Gasteiger partial charge in [-0.05, 0) is 24.1 Å². The van der Waals surface area contributed by atoms with E-state index >= 15 is 0 Å². The maximum atomic E-state index is 13.2. The maximum absolute atomic E-state index is 13.2. The molecule has 0 spiro atoms. The number of rotatable bonds is 7. The minimum atomic E-state index is -0.652. The van der Waals surface area contributed by atoms with Crippen molar-refractivity contribution in [3.8, 4) is 0 Å². The summed E-state index contributed by atoms with van der Waals surface area (Å²) >= 11 is 0. The standard InChI is InChI=1S/C21H25N3O4/c1-22-20(26)18(13-15-7-4-3-5-8-15)23(2)21(27)17-10-11-19(25)24(17)14-16-9-6-12-28-16/h3-9,12,17-18H,10-11,13-14H2,1-2H3,(H,22,26)/t17-,18?/m0/s1. The molecule has 0 radical (unpaired) electrons. The molecule has 2 heterocycles. The topological polar surface area (TPSA) is 82.9 Å². The number of likely N-dealkylation sites (tertiary alicyclic amines) is 1. The highest BCUT2D eigenvalue weighted by Crippen LogP contribution is 2.24. The average Bonchev–Trinajstić information content (AvgIpc) is 3.36. The third-order valence-corrected chi connectivity index (χ3v) is 5.16. The number of hydrogen-bond acceptors (Lipinski definition) is 4. The van der Waals surface area contributed by atoms with Crippen LogP contribution >= 0.6 is 0 Å². The van der Waals surface area contributed by atoms with Crippen LogP contribution in [0.5, 0.6) is 0 Å². The lowest BCUT2D eigenvalue weighted by Gasteiger charge is -2.32. The number of furan rings is 1. The molecule has 0 aliphatic carbocycles. The Morgan fingerprint density at radius 2 is 2.00 bits per heavy atom. The molecule has 1 unspecified atom stereocenters. The highest BCUT2D eigenvalue weighted by atomic mass is 16.3. The number of benzene rings is 1. The molecule has 148 valence electrons. The Balaban J connectivity index is 1.77. The van der Waals surface area contributed by atoms with E-state index in [0.29, 0.717) is 25.0 Å². The van der Waals surface area contributed by atoms with Gasteiger partial charge in [0.2, 0.25) is 17.7 Å². The van der Waals surface area contributed by atoms with Crippen LogP contribution in [0.25, 0.3) is 0 Å². The molecule has 1 aliphatic heterocycles. The first-order valence-electron chi connectivity index (χ1n) is 9.35. The number of carbonyl (C=O) groups excluding carboxylic acids is 3. The number of nitrogens with zero attached hydrogens (tertiary/aromatic N) is 2. The number of hydrogen-bond donors (Lipinski definition) is 1. The van der Waals surface area contributed by atoms with Gasteiger partial charge in [-0.15, -0.1) is 0 Å². The molecule has 7 heteroatoms. The Bertz CT molecular complexity index is 819. The first kappa shape index (κ1) is 19.7. The second-order valence-electron chi connectivity index (χ2n) is 6.92. The molecule has 3 rings (SSSR count). The highest BCUT2D eigenvalue weighted by molar-refractivity contribution is 5.94. The molecule has 1 N–H and O–H groups in total. The zero-order chi connectivity index (χ0) is 20.1. The fourth-order valence-electron chi connectivity index (χ4n) is 3.56. The minimum absolute atomic E-state index is 0.0808. The van der Waals surface area contributed by atoms with Gasteiger partial charge in [-0.1, -0.05) is 30.3 Å². The molecule has 7 nitrogen and oxygen atoms in total. The van der Waals surface area contributed by atoms with Gasteiger partial charge in [0.25, 0.3) is 0 Å². The van der Waals surface area contributed by atoms with Gasteiger partial charge < -0.3 is 19.5 Å². The summed E-state index contributed by atoms with van der Waals surface area (Å²) in [5.41, 5.74) is 0.964. The Morgan fingerprint density at radius 1 is 1.25 bits per heavy atom. The predicted molar refractivity (Wildman–Crippen MR) is 103 cm³/mol. The number of carbonyl (C=O) groups is 3. The molecular formula is C21H25N3O4. The molecule has 0 bridgehead atoms. The minimum Gasteiger partial charge on any atom is -0.467 e. The van der Waals surface area contributed by atoms with Crippen molar-refractivity contribution in [2.24, 2.45) is 0 Å². The Hall–Kier alpha value is -3.09. The van der Waals surface area contributed by atoms with E-state index in [1.54, 1.807) is 37.4 Å². The predicted octanol–water partition coefficient (Wildman–Crippen LogP) is 1.59. The molecule has 1 saturated heterocycles. The van der Waals surface area contributed by atoms with E-state index in [1.807, 2.05) is 30.3 Å². The average molecular weight is 383 g/mol. The molecule has 0 saturated carbocycles. The van der Waals surface area contributed by atoms with E-state index < -0.39 is 12.1 Å². The lowest BCUT2D eigenvalue weighted by molar-refractivity contribution is -0.145. The zero-order valence-corrected chi connectivity index (χ0v) is 16.1. The summed E-state index contributed by atoms with van der Waals surface area (Å²) < 4.78 is 5.33. The van der Waals surface area contributed by atoms with Crippen LogP contribution in [0, 0.1) is 0 Å². The fraction of sp³-hybridized carbons (Fsp3) is 0.381. The third kappa shape index (κ3) is 4.24. The van der Waals surface area contributed by atoms with Crippen molar-refractivity contribution in [1.82, 2.24) is 15.1 Å². The molecule has 1 aromatic carbocycles. The van der Waals surface area contributed by atoms with Gasteiger partial charge in [-0.25, -0.2) is 0 Å². The normalized spacial score (nSPS) is 17.4. The third-order valence-electron chi connectivity index (χ3n) is 5.16. The van der Waals surface area contributed by atoms with E-state index in [-0.39, 0.29) is 24.3 Å². The molecule has 1 fully saturated rings. The first-order chi connectivity index (χ1) is 13.5. The van der Waals surface area contributed by atoms with Crippen LogP contribution in [-0.2, 0) is 27.3 Å². The van der Waals surface area contributed by atoms with E-state index in [9.17, 15) is 14.4 Å². The van der Waals surface area contributed by atoms with Crippen molar-refractivity contribution < 1.29 is 18.8 Å². The molecule has 28 heavy (non-hydrogen) atoms. The van der Waals surface area contributed by atoms with Crippen molar-refractivity contribution >= 4 is 17.7 Å². The van der Waals surface area contributed by atoms with E-state index in [2.05, 4.69) is 5.32 Å². The summed E-state index contributed by atoms with van der Waals surface area (Å²) in [6.07, 6.45) is 2.70. The summed E-state index contributed by atoms with van der Waals surface area (Å²) in [6.45, 7) is 0.249. The van der Waals surface area contributed by atoms with Gasteiger partial charge in [0.05, 0.1) is 12.8 Å². The quantitative estimate of drug-likeness (QED) is 0.787. The van der Waals surface area contributed by atoms with Crippen LogP contribution in [0.4, 0.5) is 0 Å². The fourth-order valence-corrected chi connectivity index (χ4v) is 3.56. The van der Waals surface area contributed by atoms with E-state index in [1.165, 1.54) is 4.90 Å². The van der Waals surface area contributed by atoms with Crippen LogP contribution in [0.2, 0.25) is 0 Å². The number of nitrogens with one attached hydrogen (secondary N) is 1. The highest BCUT2D eigenvalue weighted by Gasteiger charge is 2.40. The van der Waals surface area contributed by atoms with Crippen molar-refractivity contribution in [3.05, 3.63) is 60.1 Å². The van der Waals surface area contributed by atoms with Crippen molar-refractivity contribution in [1.29, 1.82) is 0 Å². The van der Waals surface area contributed by atoms with Crippen molar-refractivity contribution in [2.45, 2.75) is 37.9 Å². The zero-order valence-electron chi connectivity index (χ0n) is 16.1. The van der Waals surface area contributed by atoms with Gasteiger partial charge in [-0.2, -0.15) is 0 Å². The molecule has 2 aromatic rings. The van der Waals surface area contributed by atoms with Crippen LogP contribution < -0.4 is 5.32 Å². The number of likely N-dealkylation sites (N-methyl/N-ethyl adjacent to an activating group) is 2. The second-order valence-corrected chi connectivity index (χ2v) is 6.92. The summed E-state index contributed by atoms with van der Waals surface area (Å²) in [7, 11) is 3.18. The smallest absolute Gasteiger partial charge is 0.245 e. The molecule has 2 atom stereocenters. The Morgan fingerprint density at radius 3 is 2.64 bits per heavy atom. The van der Waals surface area contributed by atoms with Crippen LogP contribution in [0.1, 0.15) is 24.2 Å². The summed E-state index contributed by atoms with van der Waals surface area (Å²) in [5, 5.41) is 2.64. The largest absolute Gasteiger partial charge is 0.467 e. The van der Waals surface area contributed by atoms with Crippen LogP contribution in [0.3, 0.4) is 0 Å². The van der Waals surface area contributed by atoms with E-state index in [0.717, 1.165) is 5.56 Å². The van der Waals surface area contributed by atoms with Crippen molar-refractivity contribution in [2.75, 3.05) is 14.1 Å². The van der Waals surface area contributed by atoms with Crippen molar-refractivity contribution in [3.63, 3.8) is 0 Å². The van der Waals surface area contributed by atoms with Crippen LogP contribution in [-0.4, -0.2) is 53.7 Å². The SMILES string of the molecule is CNC(=O)C(Cc1ccccc1)N(C)C(=O)[C@@H]1CCC(=O)N1Cc1ccco1. The lowest BCUT2D eigenvalue weighted by Crippen LogP contribution is -2.53. The van der Waals surface area contributed by atoms with Gasteiger partial charge >= 0.3 is 0 Å². The summed E-state index contributed by atoms with van der Waals surface area (Å²) in [5.74, 6) is 0.0779. The molecule has 3 amide bonds. The Labute approximate surface area is 164 Å². The Kier molecular flexibility index (Phi) is 6.13. The molecular weight excluding hydrogens is 358 g/mol. The van der Waals surface area contributed by atoms with E-state index in [4.69, 9.17) is 4.42 Å². The second kappa shape index (κ2) is 8.73. The maximum Gasteiger partial charge on any atom is 0.245 e. The lowest BCUT2D eigenvalue weighted by atomic mass is 10.0. The first-order valence-corrected chi connectivity index (χ1v) is 9.35. The van der Waals surface area contributed by atoms with Gasteiger partial charge in [-0.3, -0.25) is 14.4 Å². The van der Waals surface area contributed by atoms with Gasteiger partial charge in [0, 0.05) is 26.9 Å². The summed E-state index contributed by atoms with van der Waals surface area (Å²) in [4.78, 5) is 41.0. The number of amides is 3. The van der Waals surface area contributed by atoms with Gasteiger partial charge in [0.15, 0.2) is 0 Å². The van der Waals surface area contributed by atoms with Crippen LogP contribution in [0.15, 0.2) is 53.1 Å². The van der Waals surface area contributed by atoms with Gasteiger partial charge in [0.1, 0.15) is 17.8 Å². The molecule has 1 aliphatic rings. The summed E-state index contributed by atoms with van der Waals surface area (Å²) in [6, 6.07) is 11.8. The monoisotopic (exact) mass is 383 g/mol. The molecule has 1 aromatic heterocycles.